The van der Waals surface area contributed by atoms with E-state index in [4.69, 9.17) is 0 Å². The zero-order chi connectivity index (χ0) is 11.4. The second-order valence-corrected chi connectivity index (χ2v) is 4.26. The maximum atomic E-state index is 4.58. The lowest BCUT2D eigenvalue weighted by atomic mass is 10.2. The van der Waals surface area contributed by atoms with Gasteiger partial charge in [-0.05, 0) is 26.3 Å². The van der Waals surface area contributed by atoms with Crippen LogP contribution in [0.1, 0.15) is 31.0 Å². The first-order chi connectivity index (χ1) is 7.81. The first-order valence-corrected chi connectivity index (χ1v) is 6.09. The molecule has 0 atom stereocenters. The van der Waals surface area contributed by atoms with Crippen LogP contribution in [0.3, 0.4) is 0 Å². The van der Waals surface area contributed by atoms with E-state index in [1.807, 2.05) is 6.20 Å². The van der Waals surface area contributed by atoms with Crippen molar-refractivity contribution in [1.29, 1.82) is 0 Å². The van der Waals surface area contributed by atoms with Gasteiger partial charge in [0.15, 0.2) is 0 Å². The number of hydrogen-bond donors (Lipinski definition) is 1. The van der Waals surface area contributed by atoms with Crippen LogP contribution in [0.15, 0.2) is 6.20 Å². The monoisotopic (exact) mass is 220 g/mol. The van der Waals surface area contributed by atoms with Gasteiger partial charge in [-0.2, -0.15) is 0 Å². The topological polar surface area (TPSA) is 41.1 Å². The Hall–Kier alpha value is -1.16. The van der Waals surface area contributed by atoms with Gasteiger partial charge in [0.1, 0.15) is 0 Å². The third-order valence-corrected chi connectivity index (χ3v) is 3.02. The van der Waals surface area contributed by atoms with Gasteiger partial charge in [-0.1, -0.05) is 6.92 Å². The molecule has 1 N–H and O–H groups in total. The molecule has 0 saturated carbocycles. The Morgan fingerprint density at radius 3 is 2.75 bits per heavy atom. The zero-order valence-corrected chi connectivity index (χ0v) is 10.2. The van der Waals surface area contributed by atoms with E-state index < -0.39 is 0 Å². The molecule has 4 nitrogen and oxygen atoms in total. The van der Waals surface area contributed by atoms with Crippen LogP contribution in [-0.2, 0) is 6.54 Å². The van der Waals surface area contributed by atoms with Crippen LogP contribution in [0.4, 0.5) is 5.95 Å². The smallest absolute Gasteiger partial charge is 0.225 e. The molecule has 4 heteroatoms. The Labute approximate surface area is 97.1 Å². The Balaban J connectivity index is 2.09. The summed E-state index contributed by atoms with van der Waals surface area (Å²) in [6.45, 7) is 8.22. The van der Waals surface area contributed by atoms with Crippen molar-refractivity contribution in [3.63, 3.8) is 0 Å². The number of nitrogens with zero attached hydrogens (tertiary/aromatic N) is 3. The van der Waals surface area contributed by atoms with Crippen molar-refractivity contribution in [2.45, 2.75) is 33.2 Å². The molecule has 2 heterocycles. The zero-order valence-electron chi connectivity index (χ0n) is 10.2. The summed E-state index contributed by atoms with van der Waals surface area (Å²) >= 11 is 0. The van der Waals surface area contributed by atoms with Gasteiger partial charge in [0.25, 0.3) is 0 Å². The third-order valence-electron chi connectivity index (χ3n) is 3.02. The molecule has 1 fully saturated rings. The highest BCUT2D eigenvalue weighted by atomic mass is 15.3. The maximum Gasteiger partial charge on any atom is 0.225 e. The second-order valence-electron chi connectivity index (χ2n) is 4.26. The fourth-order valence-electron chi connectivity index (χ4n) is 1.98. The van der Waals surface area contributed by atoms with E-state index in [9.17, 15) is 0 Å². The van der Waals surface area contributed by atoms with Gasteiger partial charge in [-0.3, -0.25) is 0 Å². The standard InChI is InChI=1S/C12H20N4/c1-3-13-8-11-9-14-12(15-10(11)2)16-6-4-5-7-16/h9,13H,3-8H2,1-2H3. The van der Waals surface area contributed by atoms with Crippen LogP contribution in [-0.4, -0.2) is 29.6 Å². The summed E-state index contributed by atoms with van der Waals surface area (Å²) in [5.74, 6) is 0.898. The van der Waals surface area contributed by atoms with E-state index in [0.717, 1.165) is 37.8 Å². The lowest BCUT2D eigenvalue weighted by Crippen LogP contribution is -2.21. The average molecular weight is 220 g/mol. The molecule has 0 unspecified atom stereocenters. The summed E-state index contributed by atoms with van der Waals surface area (Å²) in [4.78, 5) is 11.3. The summed E-state index contributed by atoms with van der Waals surface area (Å²) < 4.78 is 0. The fraction of sp³-hybridized carbons (Fsp3) is 0.667. The SMILES string of the molecule is CCNCc1cnc(N2CCCC2)nc1C. The summed E-state index contributed by atoms with van der Waals surface area (Å²) in [5.41, 5.74) is 2.29. The van der Waals surface area contributed by atoms with Crippen LogP contribution in [0.5, 0.6) is 0 Å². The van der Waals surface area contributed by atoms with Crippen LogP contribution in [0, 0.1) is 6.92 Å². The Morgan fingerprint density at radius 2 is 2.12 bits per heavy atom. The predicted octanol–water partition coefficient (Wildman–Crippen LogP) is 1.49. The number of nitrogens with one attached hydrogen (secondary N) is 1. The van der Waals surface area contributed by atoms with Crippen molar-refractivity contribution < 1.29 is 0 Å². The molecule has 0 amide bonds. The molecule has 0 bridgehead atoms. The minimum absolute atomic E-state index is 0.864. The number of anilines is 1. The van der Waals surface area contributed by atoms with Crippen molar-refractivity contribution >= 4 is 5.95 Å². The highest BCUT2D eigenvalue weighted by Crippen LogP contribution is 2.16. The van der Waals surface area contributed by atoms with Crippen LogP contribution < -0.4 is 10.2 Å². The largest absolute Gasteiger partial charge is 0.341 e. The number of aryl methyl sites for hydroxylation is 1. The van der Waals surface area contributed by atoms with E-state index in [-0.39, 0.29) is 0 Å². The van der Waals surface area contributed by atoms with Gasteiger partial charge in [0.05, 0.1) is 0 Å². The molecule has 16 heavy (non-hydrogen) atoms. The second kappa shape index (κ2) is 5.25. The van der Waals surface area contributed by atoms with Gasteiger partial charge in [-0.25, -0.2) is 9.97 Å². The molecule has 0 aliphatic carbocycles. The molecule has 1 saturated heterocycles. The first kappa shape index (κ1) is 11.3. The molecule has 0 radical (unpaired) electrons. The van der Waals surface area contributed by atoms with Crippen molar-refractivity contribution in [2.24, 2.45) is 0 Å². The quantitative estimate of drug-likeness (QED) is 0.834. The molecule has 0 spiro atoms. The van der Waals surface area contributed by atoms with E-state index in [2.05, 4.69) is 34.0 Å². The van der Waals surface area contributed by atoms with Gasteiger partial charge < -0.3 is 10.2 Å². The fourth-order valence-corrected chi connectivity index (χ4v) is 1.98. The van der Waals surface area contributed by atoms with Crippen LogP contribution >= 0.6 is 0 Å². The molecule has 1 aromatic heterocycles. The lowest BCUT2D eigenvalue weighted by molar-refractivity contribution is 0.714. The Kier molecular flexibility index (Phi) is 3.72. The van der Waals surface area contributed by atoms with Crippen molar-refractivity contribution in [3.8, 4) is 0 Å². The van der Waals surface area contributed by atoms with E-state index in [1.165, 1.54) is 18.4 Å². The molecule has 2 rings (SSSR count). The maximum absolute atomic E-state index is 4.58. The average Bonchev–Trinajstić information content (AvgIpc) is 2.81. The number of hydrogen-bond acceptors (Lipinski definition) is 4. The van der Waals surface area contributed by atoms with Gasteiger partial charge in [-0.15, -0.1) is 0 Å². The van der Waals surface area contributed by atoms with Gasteiger partial charge in [0.2, 0.25) is 5.95 Å². The van der Waals surface area contributed by atoms with Crippen LogP contribution in [0.2, 0.25) is 0 Å². The van der Waals surface area contributed by atoms with Crippen molar-refractivity contribution in [3.05, 3.63) is 17.5 Å². The molecular formula is C12H20N4. The normalized spacial score (nSPS) is 15.8. The number of rotatable bonds is 4. The number of aromatic nitrogens is 2. The van der Waals surface area contributed by atoms with Gasteiger partial charge >= 0.3 is 0 Å². The molecule has 1 aliphatic rings. The molecule has 1 aromatic rings. The third kappa shape index (κ3) is 2.50. The highest BCUT2D eigenvalue weighted by Gasteiger charge is 2.15. The Morgan fingerprint density at radius 1 is 1.38 bits per heavy atom. The Bertz CT molecular complexity index is 345. The van der Waals surface area contributed by atoms with E-state index >= 15 is 0 Å². The van der Waals surface area contributed by atoms with Crippen LogP contribution in [0.25, 0.3) is 0 Å². The minimum atomic E-state index is 0.864. The van der Waals surface area contributed by atoms with Crippen molar-refractivity contribution in [1.82, 2.24) is 15.3 Å². The minimum Gasteiger partial charge on any atom is -0.341 e. The highest BCUT2D eigenvalue weighted by molar-refractivity contribution is 5.33. The first-order valence-electron chi connectivity index (χ1n) is 6.09. The summed E-state index contributed by atoms with van der Waals surface area (Å²) in [5, 5.41) is 3.30. The van der Waals surface area contributed by atoms with Gasteiger partial charge in [0, 0.05) is 37.1 Å². The summed E-state index contributed by atoms with van der Waals surface area (Å²) in [6, 6.07) is 0. The predicted molar refractivity (Wildman–Crippen MR) is 65.6 cm³/mol. The summed E-state index contributed by atoms with van der Waals surface area (Å²) in [7, 11) is 0. The summed E-state index contributed by atoms with van der Waals surface area (Å²) in [6.07, 6.45) is 4.49. The lowest BCUT2D eigenvalue weighted by Gasteiger charge is -2.16. The van der Waals surface area contributed by atoms with E-state index in [1.54, 1.807) is 0 Å². The molecule has 88 valence electrons. The van der Waals surface area contributed by atoms with E-state index in [0.29, 0.717) is 0 Å². The molecular weight excluding hydrogens is 200 g/mol. The van der Waals surface area contributed by atoms with Crippen molar-refractivity contribution in [2.75, 3.05) is 24.5 Å². The molecule has 0 aromatic carbocycles. The molecule has 1 aliphatic heterocycles.